The number of carbonyl (C=O) groups is 1. The molecule has 132 valence electrons. The molecule has 7 nitrogen and oxygen atoms in total. The third-order valence-corrected chi connectivity index (χ3v) is 4.61. The Kier molecular flexibility index (Phi) is 5.84. The Bertz CT molecular complexity index is 723. The normalized spacial score (nSPS) is 14.6. The van der Waals surface area contributed by atoms with Gasteiger partial charge in [0.2, 0.25) is 5.13 Å². The van der Waals surface area contributed by atoms with E-state index >= 15 is 0 Å². The lowest BCUT2D eigenvalue weighted by Crippen LogP contribution is -2.38. The van der Waals surface area contributed by atoms with E-state index in [1.807, 2.05) is 29.2 Å². The summed E-state index contributed by atoms with van der Waals surface area (Å²) in [5.41, 5.74) is 9.27. The molecule has 0 atom stereocenters. The lowest BCUT2D eigenvalue weighted by molar-refractivity contribution is -0.134. The van der Waals surface area contributed by atoms with Gasteiger partial charge in [-0.2, -0.15) is 5.10 Å². The Morgan fingerprint density at radius 2 is 2.08 bits per heavy atom. The topological polar surface area (TPSA) is 92.8 Å². The third kappa shape index (κ3) is 5.18. The summed E-state index contributed by atoms with van der Waals surface area (Å²) in [5, 5.41) is 6.49. The van der Waals surface area contributed by atoms with Gasteiger partial charge in [-0.25, -0.2) is 4.98 Å². The Labute approximate surface area is 150 Å². The van der Waals surface area contributed by atoms with Gasteiger partial charge in [-0.1, -0.05) is 0 Å². The number of ether oxygens (including phenoxy) is 1. The molecule has 1 amide bonds. The van der Waals surface area contributed by atoms with Gasteiger partial charge in [0, 0.05) is 18.5 Å². The van der Waals surface area contributed by atoms with Gasteiger partial charge in [-0.05, 0) is 49.1 Å². The fourth-order valence-corrected chi connectivity index (χ4v) is 3.08. The van der Waals surface area contributed by atoms with Crippen LogP contribution in [0.2, 0.25) is 0 Å². The van der Waals surface area contributed by atoms with Crippen molar-refractivity contribution in [3.8, 4) is 5.75 Å². The first kappa shape index (κ1) is 17.2. The van der Waals surface area contributed by atoms with Gasteiger partial charge >= 0.3 is 0 Å². The van der Waals surface area contributed by atoms with Crippen molar-refractivity contribution in [1.82, 2.24) is 9.88 Å². The molecule has 0 bridgehead atoms. The summed E-state index contributed by atoms with van der Waals surface area (Å²) in [6.07, 6.45) is 5.06. The van der Waals surface area contributed by atoms with Crippen LogP contribution in [0.15, 0.2) is 34.7 Å². The molecule has 1 aromatic heterocycles. The summed E-state index contributed by atoms with van der Waals surface area (Å²) in [6.45, 7) is 1.77. The van der Waals surface area contributed by atoms with Crippen molar-refractivity contribution < 1.29 is 9.53 Å². The molecule has 1 aromatic carbocycles. The quantitative estimate of drug-likeness (QED) is 0.611. The number of rotatable bonds is 6. The maximum atomic E-state index is 12.1. The van der Waals surface area contributed by atoms with E-state index in [-0.39, 0.29) is 12.5 Å². The Hall–Kier alpha value is -2.61. The van der Waals surface area contributed by atoms with Gasteiger partial charge in [0.25, 0.3) is 5.91 Å². The van der Waals surface area contributed by atoms with Crippen LogP contribution < -0.4 is 15.9 Å². The van der Waals surface area contributed by atoms with E-state index in [1.54, 1.807) is 11.6 Å². The van der Waals surface area contributed by atoms with Crippen LogP contribution in [0.25, 0.3) is 0 Å². The summed E-state index contributed by atoms with van der Waals surface area (Å²) < 4.78 is 5.58. The zero-order valence-electron chi connectivity index (χ0n) is 13.9. The number of hydrogen-bond acceptors (Lipinski definition) is 7. The fourth-order valence-electron chi connectivity index (χ4n) is 2.53. The van der Waals surface area contributed by atoms with Crippen molar-refractivity contribution in [1.29, 1.82) is 0 Å². The average Bonchev–Trinajstić information content (AvgIpc) is 3.07. The van der Waals surface area contributed by atoms with Crippen LogP contribution in [0.5, 0.6) is 5.75 Å². The highest BCUT2D eigenvalue weighted by atomic mass is 32.1. The molecule has 8 heteroatoms. The fraction of sp³-hybridized carbons (Fsp3) is 0.353. The predicted molar refractivity (Wildman–Crippen MR) is 100 cm³/mol. The highest BCUT2D eigenvalue weighted by molar-refractivity contribution is 7.14. The summed E-state index contributed by atoms with van der Waals surface area (Å²) in [4.78, 5) is 18.0. The number of thiazole rings is 1. The molecule has 3 rings (SSSR count). The third-order valence-electron chi connectivity index (χ3n) is 3.85. The Morgan fingerprint density at radius 1 is 1.32 bits per heavy atom. The Balaban J connectivity index is 1.45. The molecular formula is C17H21N5O2S. The highest BCUT2D eigenvalue weighted by Gasteiger charge is 2.16. The summed E-state index contributed by atoms with van der Waals surface area (Å²) >= 11 is 1.39. The van der Waals surface area contributed by atoms with E-state index in [9.17, 15) is 4.79 Å². The number of nitrogens with zero attached hydrogens (tertiary/aromatic N) is 3. The van der Waals surface area contributed by atoms with Crippen molar-refractivity contribution in [3.63, 3.8) is 0 Å². The van der Waals surface area contributed by atoms with Crippen molar-refractivity contribution in [3.05, 3.63) is 35.2 Å². The van der Waals surface area contributed by atoms with Crippen molar-refractivity contribution in [2.45, 2.75) is 19.3 Å². The van der Waals surface area contributed by atoms with Gasteiger partial charge < -0.3 is 15.4 Å². The summed E-state index contributed by atoms with van der Waals surface area (Å²) in [6, 6.07) is 7.41. The number of nitrogens with two attached hydrogens (primary N) is 1. The number of aromatic nitrogens is 1. The average molecular weight is 359 g/mol. The lowest BCUT2D eigenvalue weighted by atomic mass is 10.1. The molecule has 0 aliphatic carbocycles. The molecule has 0 radical (unpaired) electrons. The number of amides is 1. The number of piperidine rings is 1. The number of hydrogen-bond donors (Lipinski definition) is 2. The molecule has 0 spiro atoms. The number of likely N-dealkylation sites (tertiary alicyclic amines) is 1. The van der Waals surface area contributed by atoms with E-state index in [2.05, 4.69) is 15.5 Å². The summed E-state index contributed by atoms with van der Waals surface area (Å²) in [7, 11) is 0. The van der Waals surface area contributed by atoms with Crippen LogP contribution in [0, 0.1) is 0 Å². The highest BCUT2D eigenvalue weighted by Crippen LogP contribution is 2.16. The standard InChI is InChI=1S/C17H21N5O2S/c18-15-12-25-17(20-15)21-19-10-13-4-6-14(7-5-13)24-11-16(23)22-8-2-1-3-9-22/h4-7,10,12H,1-3,8-9,11,18H2,(H,20,21). The number of anilines is 2. The van der Waals surface area contributed by atoms with Gasteiger partial charge in [-0.15, -0.1) is 11.3 Å². The summed E-state index contributed by atoms with van der Waals surface area (Å²) in [5.74, 6) is 1.20. The van der Waals surface area contributed by atoms with E-state index in [0.717, 1.165) is 31.5 Å². The maximum absolute atomic E-state index is 12.1. The second-order valence-corrected chi connectivity index (χ2v) is 6.60. The smallest absolute Gasteiger partial charge is 0.260 e. The zero-order valence-corrected chi connectivity index (χ0v) is 14.7. The molecular weight excluding hydrogens is 338 g/mol. The minimum Gasteiger partial charge on any atom is -0.484 e. The molecule has 1 saturated heterocycles. The predicted octanol–water partition coefficient (Wildman–Crippen LogP) is 2.56. The van der Waals surface area contributed by atoms with E-state index in [0.29, 0.717) is 16.7 Å². The van der Waals surface area contributed by atoms with Crippen LogP contribution in [-0.2, 0) is 4.79 Å². The first-order chi connectivity index (χ1) is 12.2. The molecule has 1 fully saturated rings. The number of nitrogen functional groups attached to an aromatic ring is 1. The van der Waals surface area contributed by atoms with Crippen LogP contribution in [0.4, 0.5) is 10.9 Å². The van der Waals surface area contributed by atoms with Gasteiger partial charge in [-0.3, -0.25) is 10.2 Å². The van der Waals surface area contributed by atoms with Crippen LogP contribution in [-0.4, -0.2) is 41.7 Å². The number of nitrogens with one attached hydrogen (secondary N) is 1. The largest absolute Gasteiger partial charge is 0.484 e. The molecule has 3 N–H and O–H groups in total. The molecule has 2 heterocycles. The monoisotopic (exact) mass is 359 g/mol. The maximum Gasteiger partial charge on any atom is 0.260 e. The minimum atomic E-state index is 0.0530. The SMILES string of the molecule is Nc1csc(NN=Cc2ccc(OCC(=O)N3CCCCC3)cc2)n1. The van der Waals surface area contributed by atoms with Gasteiger partial charge in [0.15, 0.2) is 6.61 Å². The zero-order chi connectivity index (χ0) is 17.5. The molecule has 0 unspecified atom stereocenters. The van der Waals surface area contributed by atoms with Crippen molar-refractivity contribution >= 4 is 34.4 Å². The molecule has 1 aliphatic rings. The lowest BCUT2D eigenvalue weighted by Gasteiger charge is -2.26. The van der Waals surface area contributed by atoms with Crippen molar-refractivity contribution in [2.24, 2.45) is 5.10 Å². The number of carbonyl (C=O) groups excluding carboxylic acids is 1. The molecule has 25 heavy (non-hydrogen) atoms. The molecule has 2 aromatic rings. The van der Waals surface area contributed by atoms with Gasteiger partial charge in [0.05, 0.1) is 6.21 Å². The minimum absolute atomic E-state index is 0.0530. The molecule has 1 aliphatic heterocycles. The van der Waals surface area contributed by atoms with Gasteiger partial charge in [0.1, 0.15) is 11.6 Å². The van der Waals surface area contributed by atoms with E-state index < -0.39 is 0 Å². The first-order valence-electron chi connectivity index (χ1n) is 8.21. The second kappa shape index (κ2) is 8.48. The van der Waals surface area contributed by atoms with E-state index in [1.165, 1.54) is 17.8 Å². The second-order valence-electron chi connectivity index (χ2n) is 5.75. The number of hydrazone groups is 1. The van der Waals surface area contributed by atoms with Crippen LogP contribution in [0.3, 0.4) is 0 Å². The van der Waals surface area contributed by atoms with Crippen molar-refractivity contribution in [2.75, 3.05) is 30.9 Å². The number of benzene rings is 1. The Morgan fingerprint density at radius 3 is 2.76 bits per heavy atom. The van der Waals surface area contributed by atoms with Crippen LogP contribution in [0.1, 0.15) is 24.8 Å². The molecule has 0 saturated carbocycles. The first-order valence-corrected chi connectivity index (χ1v) is 9.09. The van der Waals surface area contributed by atoms with Crippen LogP contribution >= 0.6 is 11.3 Å². The van der Waals surface area contributed by atoms with E-state index in [4.69, 9.17) is 10.5 Å².